The third kappa shape index (κ3) is 9.96. The third-order valence-electron chi connectivity index (χ3n) is 1.79. The Morgan fingerprint density at radius 2 is 1.75 bits per heavy atom. The zero-order valence-electron chi connectivity index (χ0n) is 8.81. The Morgan fingerprint density at radius 1 is 1.08 bits per heavy atom. The molecular weight excluding hydrogens is 148 g/mol. The fourth-order valence-corrected chi connectivity index (χ4v) is 1.09. The second-order valence-electron chi connectivity index (χ2n) is 3.55. The highest BCUT2D eigenvalue weighted by molar-refractivity contribution is 4.53. The first-order chi connectivity index (χ1) is 5.77. The smallest absolute Gasteiger partial charge is 0.0840 e. The van der Waals surface area contributed by atoms with Crippen molar-refractivity contribution in [3.05, 3.63) is 6.61 Å². The van der Waals surface area contributed by atoms with Crippen LogP contribution < -0.4 is 0 Å². The molecule has 0 aliphatic rings. The van der Waals surface area contributed by atoms with Crippen LogP contribution in [0.1, 0.15) is 59.3 Å². The van der Waals surface area contributed by atoms with Crippen LogP contribution in [0.2, 0.25) is 0 Å². The van der Waals surface area contributed by atoms with E-state index in [0.29, 0.717) is 6.10 Å². The molecule has 1 heteroatoms. The van der Waals surface area contributed by atoms with Crippen LogP contribution >= 0.6 is 0 Å². The molecule has 0 aliphatic carbocycles. The fourth-order valence-electron chi connectivity index (χ4n) is 1.09. The van der Waals surface area contributed by atoms with Gasteiger partial charge < -0.3 is 4.74 Å². The highest BCUT2D eigenvalue weighted by Crippen LogP contribution is 2.07. The molecule has 1 radical (unpaired) electrons. The molecule has 0 saturated carbocycles. The van der Waals surface area contributed by atoms with Gasteiger partial charge in [-0.2, -0.15) is 0 Å². The highest BCUT2D eigenvalue weighted by Gasteiger charge is 1.93. The van der Waals surface area contributed by atoms with E-state index in [4.69, 9.17) is 4.74 Å². The lowest BCUT2D eigenvalue weighted by atomic mass is 10.1. The second-order valence-corrected chi connectivity index (χ2v) is 3.55. The van der Waals surface area contributed by atoms with Gasteiger partial charge in [-0.05, 0) is 20.3 Å². The molecule has 0 aromatic heterocycles. The maximum absolute atomic E-state index is 5.32. The minimum absolute atomic E-state index is 0.348. The van der Waals surface area contributed by atoms with Gasteiger partial charge in [0, 0.05) is 0 Å². The molecule has 0 aromatic rings. The van der Waals surface area contributed by atoms with Crippen LogP contribution in [0.4, 0.5) is 0 Å². The molecule has 0 saturated heterocycles. The van der Waals surface area contributed by atoms with Crippen LogP contribution in [-0.2, 0) is 4.74 Å². The maximum atomic E-state index is 5.32. The lowest BCUT2D eigenvalue weighted by Crippen LogP contribution is -1.98. The molecule has 0 fully saturated rings. The summed E-state index contributed by atoms with van der Waals surface area (Å²) in [4.78, 5) is 0. The standard InChI is InChI=1S/C11H23O/c1-4-5-6-7-8-9-10-12-11(2)3/h10-11H,4-9H2,1-3H3. The molecule has 73 valence electrons. The first-order valence-corrected chi connectivity index (χ1v) is 5.24. The van der Waals surface area contributed by atoms with Crippen LogP contribution in [0.25, 0.3) is 0 Å². The Bertz CT molecular complexity index is 79.1. The minimum atomic E-state index is 0.348. The van der Waals surface area contributed by atoms with Crippen molar-refractivity contribution in [2.24, 2.45) is 0 Å². The van der Waals surface area contributed by atoms with Gasteiger partial charge in [-0.3, -0.25) is 0 Å². The lowest BCUT2D eigenvalue weighted by Gasteiger charge is -2.05. The van der Waals surface area contributed by atoms with Crippen LogP contribution in [0.3, 0.4) is 0 Å². The molecule has 0 heterocycles. The Kier molecular flexibility index (Phi) is 9.02. The largest absolute Gasteiger partial charge is 0.373 e. The fraction of sp³-hybridized carbons (Fsp3) is 0.909. The van der Waals surface area contributed by atoms with E-state index in [1.807, 2.05) is 6.61 Å². The summed E-state index contributed by atoms with van der Waals surface area (Å²) in [5, 5.41) is 0. The molecular formula is C11H23O. The summed E-state index contributed by atoms with van der Waals surface area (Å²) in [6.07, 6.45) is 8.18. The average Bonchev–Trinajstić information content (AvgIpc) is 2.02. The molecule has 0 amide bonds. The second kappa shape index (κ2) is 9.05. The molecule has 12 heavy (non-hydrogen) atoms. The summed E-state index contributed by atoms with van der Waals surface area (Å²) in [6, 6.07) is 0. The number of ether oxygens (including phenoxy) is 1. The summed E-state index contributed by atoms with van der Waals surface area (Å²) in [5.41, 5.74) is 0. The molecule has 0 aromatic carbocycles. The van der Waals surface area contributed by atoms with Gasteiger partial charge in [-0.15, -0.1) is 0 Å². The summed E-state index contributed by atoms with van der Waals surface area (Å²) in [6.45, 7) is 8.33. The van der Waals surface area contributed by atoms with Gasteiger partial charge in [0.1, 0.15) is 0 Å². The molecule has 0 N–H and O–H groups in total. The Labute approximate surface area is 77.5 Å². The van der Waals surface area contributed by atoms with Crippen LogP contribution in [0, 0.1) is 6.61 Å². The normalized spacial score (nSPS) is 11.0. The summed E-state index contributed by atoms with van der Waals surface area (Å²) < 4.78 is 5.32. The number of unbranched alkanes of at least 4 members (excludes halogenated alkanes) is 5. The topological polar surface area (TPSA) is 9.23 Å². The SMILES string of the molecule is CCCCCCC[CH]OC(C)C. The highest BCUT2D eigenvalue weighted by atomic mass is 16.5. The van der Waals surface area contributed by atoms with Gasteiger partial charge in [0.05, 0.1) is 12.7 Å². The number of rotatable bonds is 8. The van der Waals surface area contributed by atoms with E-state index in [0.717, 1.165) is 6.42 Å². The van der Waals surface area contributed by atoms with Crippen LogP contribution in [0.15, 0.2) is 0 Å². The van der Waals surface area contributed by atoms with E-state index in [-0.39, 0.29) is 0 Å². The maximum Gasteiger partial charge on any atom is 0.0840 e. The van der Waals surface area contributed by atoms with Crippen molar-refractivity contribution >= 4 is 0 Å². The van der Waals surface area contributed by atoms with Gasteiger partial charge in [0.25, 0.3) is 0 Å². The first-order valence-electron chi connectivity index (χ1n) is 5.24. The predicted octanol–water partition coefficient (Wildman–Crippen LogP) is 3.93. The van der Waals surface area contributed by atoms with Crippen molar-refractivity contribution < 1.29 is 4.74 Å². The number of hydrogen-bond donors (Lipinski definition) is 0. The van der Waals surface area contributed by atoms with Crippen molar-refractivity contribution in [2.75, 3.05) is 0 Å². The molecule has 0 unspecified atom stereocenters. The third-order valence-corrected chi connectivity index (χ3v) is 1.79. The van der Waals surface area contributed by atoms with E-state index < -0.39 is 0 Å². The van der Waals surface area contributed by atoms with E-state index in [9.17, 15) is 0 Å². The summed E-state index contributed by atoms with van der Waals surface area (Å²) in [5.74, 6) is 0. The molecule has 0 bridgehead atoms. The monoisotopic (exact) mass is 171 g/mol. The lowest BCUT2D eigenvalue weighted by molar-refractivity contribution is 0.129. The first kappa shape index (κ1) is 12.0. The van der Waals surface area contributed by atoms with Crippen LogP contribution in [-0.4, -0.2) is 6.10 Å². The zero-order chi connectivity index (χ0) is 9.23. The zero-order valence-corrected chi connectivity index (χ0v) is 8.81. The molecule has 0 atom stereocenters. The van der Waals surface area contributed by atoms with Crippen molar-refractivity contribution in [3.63, 3.8) is 0 Å². The van der Waals surface area contributed by atoms with Crippen molar-refractivity contribution in [2.45, 2.75) is 65.4 Å². The molecule has 0 aliphatic heterocycles. The molecule has 0 rings (SSSR count). The van der Waals surface area contributed by atoms with Crippen LogP contribution in [0.5, 0.6) is 0 Å². The van der Waals surface area contributed by atoms with Gasteiger partial charge in [0.15, 0.2) is 0 Å². The Morgan fingerprint density at radius 3 is 2.33 bits per heavy atom. The van der Waals surface area contributed by atoms with Crippen molar-refractivity contribution in [3.8, 4) is 0 Å². The number of hydrogen-bond acceptors (Lipinski definition) is 1. The van der Waals surface area contributed by atoms with E-state index in [2.05, 4.69) is 20.8 Å². The van der Waals surface area contributed by atoms with Crippen molar-refractivity contribution in [1.82, 2.24) is 0 Å². The molecule has 0 spiro atoms. The Hall–Kier alpha value is -0.0400. The van der Waals surface area contributed by atoms with E-state index in [1.165, 1.54) is 32.1 Å². The average molecular weight is 171 g/mol. The van der Waals surface area contributed by atoms with E-state index >= 15 is 0 Å². The predicted molar refractivity (Wildman–Crippen MR) is 53.9 cm³/mol. The molecule has 1 nitrogen and oxygen atoms in total. The van der Waals surface area contributed by atoms with Gasteiger partial charge in [0.2, 0.25) is 0 Å². The van der Waals surface area contributed by atoms with Gasteiger partial charge >= 0.3 is 0 Å². The van der Waals surface area contributed by atoms with Gasteiger partial charge in [-0.25, -0.2) is 0 Å². The minimum Gasteiger partial charge on any atom is -0.373 e. The quantitative estimate of drug-likeness (QED) is 0.503. The van der Waals surface area contributed by atoms with E-state index in [1.54, 1.807) is 0 Å². The van der Waals surface area contributed by atoms with Crippen molar-refractivity contribution in [1.29, 1.82) is 0 Å². The summed E-state index contributed by atoms with van der Waals surface area (Å²) in [7, 11) is 0. The Balaban J connectivity index is 2.82. The summed E-state index contributed by atoms with van der Waals surface area (Å²) >= 11 is 0. The van der Waals surface area contributed by atoms with Gasteiger partial charge in [-0.1, -0.05) is 39.0 Å².